The standard InChI is InChI=1S/C4H9N3OS/c1-6-4(8)7(2)3(5)9/h1-2H3,(H2,5,9)(H,6,8). The van der Waals surface area contributed by atoms with Gasteiger partial charge in [0.1, 0.15) is 0 Å². The molecule has 0 atom stereocenters. The molecule has 0 aromatic heterocycles. The van der Waals surface area contributed by atoms with Gasteiger partial charge in [0.25, 0.3) is 0 Å². The third kappa shape index (κ3) is 2.27. The zero-order chi connectivity index (χ0) is 7.44. The molecule has 0 aromatic rings. The zero-order valence-electron chi connectivity index (χ0n) is 5.34. The van der Waals surface area contributed by atoms with E-state index in [-0.39, 0.29) is 11.1 Å². The number of nitrogens with zero attached hydrogens (tertiary/aromatic N) is 1. The molecule has 2 amide bonds. The van der Waals surface area contributed by atoms with Crippen LogP contribution in [0.1, 0.15) is 0 Å². The molecule has 0 aliphatic carbocycles. The predicted molar refractivity (Wildman–Crippen MR) is 39.0 cm³/mol. The van der Waals surface area contributed by atoms with Gasteiger partial charge in [-0.1, -0.05) is 0 Å². The topological polar surface area (TPSA) is 58.4 Å². The van der Waals surface area contributed by atoms with Gasteiger partial charge < -0.3 is 11.1 Å². The molecular formula is C4H9N3OS. The van der Waals surface area contributed by atoms with Crippen LogP contribution in [-0.2, 0) is 0 Å². The maximum Gasteiger partial charge on any atom is 0.323 e. The van der Waals surface area contributed by atoms with E-state index in [9.17, 15) is 4.79 Å². The van der Waals surface area contributed by atoms with Gasteiger partial charge in [-0.2, -0.15) is 0 Å². The first-order valence-electron chi connectivity index (χ1n) is 2.34. The molecule has 3 N–H and O–H groups in total. The number of carbonyl (C=O) groups excluding carboxylic acids is 1. The first-order chi connectivity index (χ1) is 4.09. The maximum absolute atomic E-state index is 10.6. The van der Waals surface area contributed by atoms with Crippen LogP contribution in [0, 0.1) is 0 Å². The molecule has 0 unspecified atom stereocenters. The van der Waals surface area contributed by atoms with E-state index in [4.69, 9.17) is 5.73 Å². The van der Waals surface area contributed by atoms with Crippen molar-refractivity contribution < 1.29 is 4.79 Å². The Balaban J connectivity index is 3.88. The molecule has 4 nitrogen and oxygen atoms in total. The lowest BCUT2D eigenvalue weighted by molar-refractivity contribution is 0.229. The number of nitrogens with two attached hydrogens (primary N) is 1. The van der Waals surface area contributed by atoms with Crippen LogP contribution in [0.2, 0.25) is 0 Å². The highest BCUT2D eigenvalue weighted by Crippen LogP contribution is 1.80. The van der Waals surface area contributed by atoms with Gasteiger partial charge in [-0.15, -0.1) is 0 Å². The van der Waals surface area contributed by atoms with Crippen molar-refractivity contribution in [2.75, 3.05) is 14.1 Å². The maximum atomic E-state index is 10.6. The molecule has 0 saturated heterocycles. The van der Waals surface area contributed by atoms with E-state index < -0.39 is 0 Å². The number of urea groups is 1. The summed E-state index contributed by atoms with van der Waals surface area (Å²) in [6, 6.07) is -0.303. The summed E-state index contributed by atoms with van der Waals surface area (Å²) in [6.07, 6.45) is 0. The fourth-order valence-corrected chi connectivity index (χ4v) is 0.351. The van der Waals surface area contributed by atoms with Crippen molar-refractivity contribution >= 4 is 23.4 Å². The van der Waals surface area contributed by atoms with E-state index in [1.807, 2.05) is 0 Å². The van der Waals surface area contributed by atoms with Gasteiger partial charge in [0, 0.05) is 14.1 Å². The van der Waals surface area contributed by atoms with Crippen LogP contribution in [-0.4, -0.2) is 30.1 Å². The minimum Gasteiger partial charge on any atom is -0.376 e. The Labute approximate surface area is 59.0 Å². The highest BCUT2D eigenvalue weighted by atomic mass is 32.1. The van der Waals surface area contributed by atoms with E-state index in [0.717, 1.165) is 4.90 Å². The lowest BCUT2D eigenvalue weighted by atomic mass is 10.8. The van der Waals surface area contributed by atoms with Crippen molar-refractivity contribution in [2.24, 2.45) is 5.73 Å². The van der Waals surface area contributed by atoms with E-state index in [1.54, 1.807) is 0 Å². The molecule has 0 aliphatic heterocycles. The van der Waals surface area contributed by atoms with Gasteiger partial charge >= 0.3 is 6.03 Å². The molecule has 0 bridgehead atoms. The average Bonchev–Trinajstić information content (AvgIpc) is 1.84. The summed E-state index contributed by atoms with van der Waals surface area (Å²) in [7, 11) is 3.01. The number of carbonyl (C=O) groups is 1. The molecule has 0 aliphatic rings. The first kappa shape index (κ1) is 8.16. The number of rotatable bonds is 0. The van der Waals surface area contributed by atoms with Gasteiger partial charge in [-0.25, -0.2) is 4.79 Å². The first-order valence-corrected chi connectivity index (χ1v) is 2.75. The molecule has 0 heterocycles. The molecule has 0 fully saturated rings. The minimum atomic E-state index is -0.303. The van der Waals surface area contributed by atoms with Gasteiger partial charge in [0.2, 0.25) is 0 Å². The van der Waals surface area contributed by atoms with Crippen molar-refractivity contribution in [1.29, 1.82) is 0 Å². The molecule has 0 spiro atoms. The van der Waals surface area contributed by atoms with Crippen molar-refractivity contribution in [1.82, 2.24) is 10.2 Å². The fraction of sp³-hybridized carbons (Fsp3) is 0.500. The summed E-state index contributed by atoms with van der Waals surface area (Å²) in [5, 5.41) is 2.43. The third-order valence-corrected chi connectivity index (χ3v) is 1.12. The Morgan fingerprint density at radius 1 is 1.78 bits per heavy atom. The number of hydrogen-bond acceptors (Lipinski definition) is 2. The molecule has 52 valence electrons. The van der Waals surface area contributed by atoms with Gasteiger partial charge in [0.15, 0.2) is 5.11 Å². The molecule has 0 saturated carbocycles. The Kier molecular flexibility index (Phi) is 2.94. The smallest absolute Gasteiger partial charge is 0.323 e. The van der Waals surface area contributed by atoms with Crippen molar-refractivity contribution in [2.45, 2.75) is 0 Å². The molecular weight excluding hydrogens is 138 g/mol. The van der Waals surface area contributed by atoms with Crippen LogP contribution in [0.15, 0.2) is 0 Å². The van der Waals surface area contributed by atoms with Gasteiger partial charge in [0.05, 0.1) is 0 Å². The second-order valence-electron chi connectivity index (χ2n) is 1.45. The van der Waals surface area contributed by atoms with Gasteiger partial charge in [-0.3, -0.25) is 4.90 Å². The zero-order valence-corrected chi connectivity index (χ0v) is 6.16. The van der Waals surface area contributed by atoms with Crippen LogP contribution in [0.25, 0.3) is 0 Å². The van der Waals surface area contributed by atoms with Crippen LogP contribution in [0.4, 0.5) is 4.79 Å². The Bertz CT molecular complexity index is 136. The largest absolute Gasteiger partial charge is 0.376 e. The SMILES string of the molecule is CNC(=O)N(C)C(N)=S. The van der Waals surface area contributed by atoms with Crippen LogP contribution in [0.5, 0.6) is 0 Å². The minimum absolute atomic E-state index is 0.0642. The quantitative estimate of drug-likeness (QED) is 0.454. The van der Waals surface area contributed by atoms with Crippen molar-refractivity contribution in [3.05, 3.63) is 0 Å². The summed E-state index contributed by atoms with van der Waals surface area (Å²) >= 11 is 4.50. The second kappa shape index (κ2) is 3.24. The molecule has 0 aromatic carbocycles. The van der Waals surface area contributed by atoms with Crippen LogP contribution < -0.4 is 11.1 Å². The Morgan fingerprint density at radius 2 is 2.22 bits per heavy atom. The van der Waals surface area contributed by atoms with E-state index in [1.165, 1.54) is 14.1 Å². The molecule has 9 heavy (non-hydrogen) atoms. The van der Waals surface area contributed by atoms with E-state index in [0.29, 0.717) is 0 Å². The number of nitrogens with one attached hydrogen (secondary N) is 1. The lowest BCUT2D eigenvalue weighted by Gasteiger charge is -2.12. The van der Waals surface area contributed by atoms with E-state index >= 15 is 0 Å². The van der Waals surface area contributed by atoms with Crippen molar-refractivity contribution in [3.8, 4) is 0 Å². The average molecular weight is 147 g/mol. The highest BCUT2D eigenvalue weighted by molar-refractivity contribution is 7.80. The Hall–Kier alpha value is -0.840. The lowest BCUT2D eigenvalue weighted by Crippen LogP contribution is -2.42. The molecule has 0 radical (unpaired) electrons. The number of hydrogen-bond donors (Lipinski definition) is 2. The number of thiocarbonyl (C=S) groups is 1. The normalized spacial score (nSPS) is 8.22. The molecule has 5 heteroatoms. The Morgan fingerprint density at radius 3 is 2.33 bits per heavy atom. The number of amides is 2. The van der Waals surface area contributed by atoms with Crippen LogP contribution in [0.3, 0.4) is 0 Å². The summed E-state index contributed by atoms with van der Waals surface area (Å²) in [5.74, 6) is 0. The summed E-state index contributed by atoms with van der Waals surface area (Å²) in [5.41, 5.74) is 5.11. The predicted octanol–water partition coefficient (Wildman–Crippen LogP) is -0.499. The van der Waals surface area contributed by atoms with Gasteiger partial charge in [-0.05, 0) is 12.2 Å². The second-order valence-corrected chi connectivity index (χ2v) is 1.87. The summed E-state index contributed by atoms with van der Waals surface area (Å²) in [6.45, 7) is 0. The summed E-state index contributed by atoms with van der Waals surface area (Å²) in [4.78, 5) is 11.7. The fourth-order valence-electron chi connectivity index (χ4n) is 0.268. The van der Waals surface area contributed by atoms with E-state index in [2.05, 4.69) is 17.5 Å². The third-order valence-electron chi connectivity index (χ3n) is 0.849. The summed E-state index contributed by atoms with van der Waals surface area (Å²) < 4.78 is 0. The van der Waals surface area contributed by atoms with Crippen LogP contribution >= 0.6 is 12.2 Å². The highest BCUT2D eigenvalue weighted by Gasteiger charge is 2.05. The monoisotopic (exact) mass is 147 g/mol. The molecule has 0 rings (SSSR count). The van der Waals surface area contributed by atoms with Crippen molar-refractivity contribution in [3.63, 3.8) is 0 Å².